The number of carboxylic acid groups (broad SMARTS) is 1. The largest absolute Gasteiger partial charge is 0.515 e. The maximum Gasteiger partial charge on any atom is 0.376 e. The van der Waals surface area contributed by atoms with E-state index >= 15 is 0 Å². The van der Waals surface area contributed by atoms with E-state index in [1.54, 1.807) is 0 Å². The molecule has 0 atom stereocenters. The zero-order valence-electron chi connectivity index (χ0n) is 3.87. The Bertz CT molecular complexity index is 135. The average molecular weight is 116 g/mol. The molecule has 0 heterocycles. The summed E-state index contributed by atoms with van der Waals surface area (Å²) in [6.07, 6.45) is 0.943. The fourth-order valence-corrected chi connectivity index (χ4v) is 0.139. The lowest BCUT2D eigenvalue weighted by Crippen LogP contribution is -2.08. The van der Waals surface area contributed by atoms with Gasteiger partial charge in [0.1, 0.15) is 0 Å². The zero-order valence-corrected chi connectivity index (χ0v) is 3.87. The highest BCUT2D eigenvalue weighted by molar-refractivity contribution is 6.37. The quantitative estimate of drug-likeness (QED) is 0.295. The second kappa shape index (κ2) is 2.79. The molecule has 4 heteroatoms. The number of ketones is 1. The first-order valence-electron chi connectivity index (χ1n) is 1.76. The molecule has 0 fully saturated rings. The fourth-order valence-electron chi connectivity index (χ4n) is 0.139. The van der Waals surface area contributed by atoms with Crippen LogP contribution in [-0.4, -0.2) is 22.0 Å². The summed E-state index contributed by atoms with van der Waals surface area (Å²) in [5.74, 6) is -2.71. The Hall–Kier alpha value is -1.32. The third-order valence-electron chi connectivity index (χ3n) is 0.437. The SMILES string of the molecule is O=C(O)C(=O)/C=C/O. The van der Waals surface area contributed by atoms with E-state index in [9.17, 15) is 9.59 Å². The van der Waals surface area contributed by atoms with Gasteiger partial charge < -0.3 is 10.2 Å². The molecule has 8 heavy (non-hydrogen) atoms. The highest BCUT2D eigenvalue weighted by Crippen LogP contribution is 1.72. The second-order valence-corrected chi connectivity index (χ2v) is 0.985. The van der Waals surface area contributed by atoms with Crippen molar-refractivity contribution in [1.29, 1.82) is 0 Å². The molecule has 0 radical (unpaired) electrons. The van der Waals surface area contributed by atoms with E-state index in [2.05, 4.69) is 0 Å². The van der Waals surface area contributed by atoms with Crippen molar-refractivity contribution in [1.82, 2.24) is 0 Å². The first-order valence-corrected chi connectivity index (χ1v) is 1.76. The van der Waals surface area contributed by atoms with Crippen LogP contribution in [0.4, 0.5) is 0 Å². The highest BCUT2D eigenvalue weighted by atomic mass is 16.4. The molecule has 0 amide bonds. The molecular formula is C4H4O4. The van der Waals surface area contributed by atoms with Crippen LogP contribution in [0.2, 0.25) is 0 Å². The Morgan fingerprint density at radius 1 is 1.38 bits per heavy atom. The van der Waals surface area contributed by atoms with E-state index in [0.717, 1.165) is 0 Å². The van der Waals surface area contributed by atoms with Gasteiger partial charge in [-0.3, -0.25) is 4.79 Å². The number of hydrogen-bond acceptors (Lipinski definition) is 3. The number of aliphatic carboxylic acids is 1. The third-order valence-corrected chi connectivity index (χ3v) is 0.437. The van der Waals surface area contributed by atoms with Crippen molar-refractivity contribution in [3.8, 4) is 0 Å². The minimum absolute atomic E-state index is 0.385. The van der Waals surface area contributed by atoms with Crippen LogP contribution < -0.4 is 0 Å². The van der Waals surface area contributed by atoms with Crippen molar-refractivity contribution in [2.75, 3.05) is 0 Å². The molecule has 2 N–H and O–H groups in total. The minimum atomic E-state index is -1.57. The van der Waals surface area contributed by atoms with Crippen LogP contribution in [0, 0.1) is 0 Å². The smallest absolute Gasteiger partial charge is 0.376 e. The van der Waals surface area contributed by atoms with Gasteiger partial charge in [-0.15, -0.1) is 0 Å². The number of carbonyl (C=O) groups excluding carboxylic acids is 1. The van der Waals surface area contributed by atoms with E-state index in [4.69, 9.17) is 10.2 Å². The molecule has 0 aromatic carbocycles. The predicted octanol–water partition coefficient (Wildman–Crippen LogP) is -0.288. The molecule has 4 nitrogen and oxygen atoms in total. The molecule has 0 aromatic heterocycles. The highest BCUT2D eigenvalue weighted by Gasteiger charge is 2.04. The van der Waals surface area contributed by atoms with Crippen LogP contribution >= 0.6 is 0 Å². The Morgan fingerprint density at radius 3 is 2.00 bits per heavy atom. The lowest BCUT2D eigenvalue weighted by molar-refractivity contribution is -0.146. The van der Waals surface area contributed by atoms with E-state index in [1.807, 2.05) is 0 Å². The van der Waals surface area contributed by atoms with Crippen molar-refractivity contribution in [3.05, 3.63) is 12.3 Å². The van der Waals surface area contributed by atoms with Crippen molar-refractivity contribution >= 4 is 11.8 Å². The van der Waals surface area contributed by atoms with Crippen LogP contribution in [0.25, 0.3) is 0 Å². The van der Waals surface area contributed by atoms with Crippen molar-refractivity contribution in [2.45, 2.75) is 0 Å². The Labute approximate surface area is 45.1 Å². The number of aliphatic hydroxyl groups is 1. The molecule has 0 spiro atoms. The number of carbonyl (C=O) groups is 2. The topological polar surface area (TPSA) is 74.6 Å². The molecule has 0 unspecified atom stereocenters. The Balaban J connectivity index is 3.85. The molecule has 0 bridgehead atoms. The van der Waals surface area contributed by atoms with Crippen molar-refractivity contribution in [3.63, 3.8) is 0 Å². The minimum Gasteiger partial charge on any atom is -0.515 e. The molecule has 0 aliphatic heterocycles. The molecule has 0 rings (SSSR count). The summed E-state index contributed by atoms with van der Waals surface area (Å²) in [7, 11) is 0. The molecule has 0 aromatic rings. The number of aliphatic hydroxyl groups excluding tert-OH is 1. The first kappa shape index (κ1) is 6.68. The van der Waals surface area contributed by atoms with E-state index in [0.29, 0.717) is 12.3 Å². The van der Waals surface area contributed by atoms with Gasteiger partial charge >= 0.3 is 5.97 Å². The standard InChI is InChI=1S/C4H4O4/c5-2-1-3(6)4(7)8/h1-2,5H,(H,7,8)/b2-1+. The van der Waals surface area contributed by atoms with Crippen molar-refractivity contribution < 1.29 is 19.8 Å². The second-order valence-electron chi connectivity index (χ2n) is 0.985. The van der Waals surface area contributed by atoms with Crippen LogP contribution in [0.15, 0.2) is 12.3 Å². The summed E-state index contributed by atoms with van der Waals surface area (Å²) in [5.41, 5.74) is 0. The normalized spacial score (nSPS) is 9.50. The van der Waals surface area contributed by atoms with Gasteiger partial charge in [0.25, 0.3) is 5.78 Å². The van der Waals surface area contributed by atoms with Crippen LogP contribution in [0.3, 0.4) is 0 Å². The summed E-state index contributed by atoms with van der Waals surface area (Å²) in [4.78, 5) is 19.5. The van der Waals surface area contributed by atoms with Crippen molar-refractivity contribution in [2.24, 2.45) is 0 Å². The maximum atomic E-state index is 9.90. The Kier molecular flexibility index (Phi) is 2.33. The summed E-state index contributed by atoms with van der Waals surface area (Å²) >= 11 is 0. The molecule has 0 saturated heterocycles. The van der Waals surface area contributed by atoms with Gasteiger partial charge in [-0.25, -0.2) is 4.79 Å². The summed E-state index contributed by atoms with van der Waals surface area (Å²) in [6, 6.07) is 0. The van der Waals surface area contributed by atoms with Crippen LogP contribution in [0.5, 0.6) is 0 Å². The van der Waals surface area contributed by atoms with Gasteiger partial charge in [0, 0.05) is 6.08 Å². The van der Waals surface area contributed by atoms with Gasteiger partial charge in [-0.05, 0) is 0 Å². The van der Waals surface area contributed by atoms with E-state index in [1.165, 1.54) is 0 Å². The summed E-state index contributed by atoms with van der Waals surface area (Å²) in [5, 5.41) is 15.6. The van der Waals surface area contributed by atoms with Gasteiger partial charge in [0.15, 0.2) is 0 Å². The van der Waals surface area contributed by atoms with Crippen LogP contribution in [0.1, 0.15) is 0 Å². The summed E-state index contributed by atoms with van der Waals surface area (Å²) in [6.45, 7) is 0. The average Bonchev–Trinajstić information content (AvgIpc) is 1.67. The Morgan fingerprint density at radius 2 is 1.88 bits per heavy atom. The van der Waals surface area contributed by atoms with Gasteiger partial charge in [0.2, 0.25) is 0 Å². The fraction of sp³-hybridized carbons (Fsp3) is 0. The predicted molar refractivity (Wildman–Crippen MR) is 24.4 cm³/mol. The van der Waals surface area contributed by atoms with E-state index < -0.39 is 11.8 Å². The van der Waals surface area contributed by atoms with E-state index in [-0.39, 0.29) is 0 Å². The first-order chi connectivity index (χ1) is 3.68. The third kappa shape index (κ3) is 1.96. The van der Waals surface area contributed by atoms with Crippen LogP contribution in [-0.2, 0) is 9.59 Å². The lowest BCUT2D eigenvalue weighted by atomic mass is 10.4. The maximum absolute atomic E-state index is 9.90. The molecule has 0 aliphatic carbocycles. The number of carboxylic acids is 1. The molecular weight excluding hydrogens is 112 g/mol. The number of rotatable bonds is 2. The van der Waals surface area contributed by atoms with Gasteiger partial charge in [-0.1, -0.05) is 0 Å². The molecule has 0 saturated carbocycles. The zero-order chi connectivity index (χ0) is 6.57. The molecule has 0 aliphatic rings. The number of hydrogen-bond donors (Lipinski definition) is 2. The monoisotopic (exact) mass is 116 g/mol. The lowest BCUT2D eigenvalue weighted by Gasteiger charge is -1.77. The summed E-state index contributed by atoms with van der Waals surface area (Å²) < 4.78 is 0. The van der Waals surface area contributed by atoms with Gasteiger partial charge in [0.05, 0.1) is 6.26 Å². The molecule has 44 valence electrons. The van der Waals surface area contributed by atoms with Gasteiger partial charge in [-0.2, -0.15) is 0 Å².